The lowest BCUT2D eigenvalue weighted by Crippen LogP contribution is -2.03. The fraction of sp³-hybridized carbons (Fsp3) is 0.300. The maximum absolute atomic E-state index is 13.2. The van der Waals surface area contributed by atoms with Crippen molar-refractivity contribution in [3.63, 3.8) is 0 Å². The average Bonchev–Trinajstić information content (AvgIpc) is 2.14. The molecule has 0 saturated carbocycles. The molecule has 76 valence electrons. The van der Waals surface area contributed by atoms with Crippen molar-refractivity contribution in [3.05, 3.63) is 34.6 Å². The number of ketones is 1. The Balaban J connectivity index is 2.80. The Hall–Kier alpha value is -0.540. The Morgan fingerprint density at radius 2 is 2.29 bits per heavy atom. The molecule has 0 aliphatic heterocycles. The van der Waals surface area contributed by atoms with Crippen molar-refractivity contribution in [2.24, 2.45) is 0 Å². The van der Waals surface area contributed by atoms with Gasteiger partial charge in [0.1, 0.15) is 5.82 Å². The fourth-order valence-corrected chi connectivity index (χ4v) is 1.59. The molecule has 1 nitrogen and oxygen atoms in total. The summed E-state index contributed by atoms with van der Waals surface area (Å²) in [7, 11) is 0. The van der Waals surface area contributed by atoms with Gasteiger partial charge in [-0.15, -0.1) is 0 Å². The highest BCUT2D eigenvalue weighted by molar-refractivity contribution is 7.98. The number of halogens is 2. The number of thioether (sulfide) groups is 1. The van der Waals surface area contributed by atoms with Gasteiger partial charge in [-0.3, -0.25) is 4.79 Å². The molecule has 1 aromatic carbocycles. The second-order valence-corrected chi connectivity index (χ2v) is 4.21. The van der Waals surface area contributed by atoms with Crippen LogP contribution < -0.4 is 0 Å². The molecule has 0 aromatic heterocycles. The van der Waals surface area contributed by atoms with Crippen molar-refractivity contribution in [1.82, 2.24) is 0 Å². The van der Waals surface area contributed by atoms with Crippen LogP contribution in [-0.2, 0) is 0 Å². The van der Waals surface area contributed by atoms with E-state index in [1.165, 1.54) is 12.1 Å². The third kappa shape index (κ3) is 3.00. The summed E-state index contributed by atoms with van der Waals surface area (Å²) >= 11 is 7.13. The van der Waals surface area contributed by atoms with Gasteiger partial charge in [0.25, 0.3) is 0 Å². The monoisotopic (exact) mass is 232 g/mol. The van der Waals surface area contributed by atoms with E-state index in [0.29, 0.717) is 17.2 Å². The Morgan fingerprint density at radius 1 is 1.57 bits per heavy atom. The van der Waals surface area contributed by atoms with Gasteiger partial charge in [-0.1, -0.05) is 11.6 Å². The minimum absolute atomic E-state index is 0.128. The summed E-state index contributed by atoms with van der Waals surface area (Å²) in [6, 6.07) is 4.12. The Morgan fingerprint density at radius 3 is 2.86 bits per heavy atom. The zero-order valence-corrected chi connectivity index (χ0v) is 9.29. The fourth-order valence-electron chi connectivity index (χ4n) is 1.05. The van der Waals surface area contributed by atoms with Gasteiger partial charge in [0.05, 0.1) is 5.56 Å². The minimum Gasteiger partial charge on any atom is -0.294 e. The zero-order valence-electron chi connectivity index (χ0n) is 7.72. The molecule has 0 aliphatic carbocycles. The number of hydrogen-bond acceptors (Lipinski definition) is 2. The van der Waals surface area contributed by atoms with Crippen LogP contribution in [-0.4, -0.2) is 17.8 Å². The van der Waals surface area contributed by atoms with E-state index >= 15 is 0 Å². The van der Waals surface area contributed by atoms with Gasteiger partial charge in [0.2, 0.25) is 0 Å². The Kier molecular flexibility index (Phi) is 4.42. The predicted octanol–water partition coefficient (Wildman–Crippen LogP) is 3.41. The smallest absolute Gasteiger partial charge is 0.166 e. The van der Waals surface area contributed by atoms with Crippen LogP contribution in [0.3, 0.4) is 0 Å². The van der Waals surface area contributed by atoms with E-state index in [0.717, 1.165) is 6.07 Å². The first-order chi connectivity index (χ1) is 6.65. The molecular formula is C10H10ClFOS. The zero-order chi connectivity index (χ0) is 10.6. The summed E-state index contributed by atoms with van der Waals surface area (Å²) in [5.74, 6) is -0.00177. The molecular weight excluding hydrogens is 223 g/mol. The van der Waals surface area contributed by atoms with Crippen LogP contribution in [0.1, 0.15) is 16.8 Å². The molecule has 4 heteroatoms. The van der Waals surface area contributed by atoms with Crippen LogP contribution in [0.2, 0.25) is 5.02 Å². The number of rotatable bonds is 4. The molecule has 1 rings (SSSR count). The van der Waals surface area contributed by atoms with Gasteiger partial charge in [-0.25, -0.2) is 4.39 Å². The number of Topliss-reactive ketones (excluding diaryl/α,β-unsaturated/α-hetero) is 1. The first kappa shape index (κ1) is 11.5. The van der Waals surface area contributed by atoms with Gasteiger partial charge < -0.3 is 0 Å². The van der Waals surface area contributed by atoms with E-state index in [1.807, 2.05) is 6.26 Å². The van der Waals surface area contributed by atoms with E-state index in [9.17, 15) is 9.18 Å². The van der Waals surface area contributed by atoms with Crippen molar-refractivity contribution < 1.29 is 9.18 Å². The lowest BCUT2D eigenvalue weighted by atomic mass is 10.1. The SMILES string of the molecule is CSCCC(=O)c1ccc(Cl)cc1F. The first-order valence-electron chi connectivity index (χ1n) is 4.12. The van der Waals surface area contributed by atoms with Crippen molar-refractivity contribution in [2.45, 2.75) is 6.42 Å². The second kappa shape index (κ2) is 5.37. The lowest BCUT2D eigenvalue weighted by molar-refractivity contribution is 0.0985. The Bertz CT molecular complexity index is 341. The molecule has 0 spiro atoms. The topological polar surface area (TPSA) is 17.1 Å². The number of hydrogen-bond donors (Lipinski definition) is 0. The van der Waals surface area contributed by atoms with Crippen molar-refractivity contribution >= 4 is 29.1 Å². The van der Waals surface area contributed by atoms with Crippen LogP contribution in [0, 0.1) is 5.82 Å². The predicted molar refractivity (Wildman–Crippen MR) is 58.7 cm³/mol. The first-order valence-corrected chi connectivity index (χ1v) is 5.89. The van der Waals surface area contributed by atoms with Crippen LogP contribution in [0.15, 0.2) is 18.2 Å². The van der Waals surface area contributed by atoms with Crippen molar-refractivity contribution in [1.29, 1.82) is 0 Å². The van der Waals surface area contributed by atoms with Crippen LogP contribution in [0.25, 0.3) is 0 Å². The van der Waals surface area contributed by atoms with Gasteiger partial charge in [0.15, 0.2) is 5.78 Å². The molecule has 0 amide bonds. The summed E-state index contributed by atoms with van der Waals surface area (Å²) < 4.78 is 13.2. The molecule has 0 N–H and O–H groups in total. The van der Waals surface area contributed by atoms with Crippen LogP contribution in [0.4, 0.5) is 4.39 Å². The van der Waals surface area contributed by atoms with Crippen LogP contribution in [0.5, 0.6) is 0 Å². The maximum atomic E-state index is 13.2. The van der Waals surface area contributed by atoms with Gasteiger partial charge in [0, 0.05) is 17.2 Å². The summed E-state index contributed by atoms with van der Waals surface area (Å²) in [6.07, 6.45) is 2.27. The van der Waals surface area contributed by atoms with E-state index in [1.54, 1.807) is 11.8 Å². The third-order valence-corrected chi connectivity index (χ3v) is 2.61. The van der Waals surface area contributed by atoms with E-state index in [2.05, 4.69) is 0 Å². The highest BCUT2D eigenvalue weighted by Crippen LogP contribution is 2.16. The molecule has 0 heterocycles. The molecule has 0 radical (unpaired) electrons. The third-order valence-electron chi connectivity index (χ3n) is 1.76. The van der Waals surface area contributed by atoms with E-state index in [4.69, 9.17) is 11.6 Å². The average molecular weight is 233 g/mol. The molecule has 0 fully saturated rings. The van der Waals surface area contributed by atoms with Gasteiger partial charge >= 0.3 is 0 Å². The summed E-state index contributed by atoms with van der Waals surface area (Å²) in [5.41, 5.74) is 0.128. The van der Waals surface area contributed by atoms with Gasteiger partial charge in [-0.2, -0.15) is 11.8 Å². The molecule has 0 bridgehead atoms. The molecule has 0 saturated heterocycles. The molecule has 14 heavy (non-hydrogen) atoms. The van der Waals surface area contributed by atoms with Crippen molar-refractivity contribution in [3.8, 4) is 0 Å². The summed E-state index contributed by atoms with van der Waals surface area (Å²) in [6.45, 7) is 0. The van der Waals surface area contributed by atoms with Gasteiger partial charge in [-0.05, 0) is 24.5 Å². The summed E-state index contributed by atoms with van der Waals surface area (Å²) in [4.78, 5) is 11.4. The summed E-state index contributed by atoms with van der Waals surface area (Å²) in [5, 5.41) is 0.309. The number of carbonyl (C=O) groups is 1. The van der Waals surface area contributed by atoms with Crippen molar-refractivity contribution in [2.75, 3.05) is 12.0 Å². The molecule has 0 atom stereocenters. The quantitative estimate of drug-likeness (QED) is 0.740. The highest BCUT2D eigenvalue weighted by Gasteiger charge is 2.10. The minimum atomic E-state index is -0.538. The normalized spacial score (nSPS) is 10.2. The number of benzene rings is 1. The van der Waals surface area contributed by atoms with E-state index in [-0.39, 0.29) is 11.3 Å². The van der Waals surface area contributed by atoms with E-state index < -0.39 is 5.82 Å². The highest BCUT2D eigenvalue weighted by atomic mass is 35.5. The second-order valence-electron chi connectivity index (χ2n) is 2.79. The lowest BCUT2D eigenvalue weighted by Gasteiger charge is -2.01. The van der Waals surface area contributed by atoms with Crippen LogP contribution >= 0.6 is 23.4 Å². The molecule has 1 aromatic rings. The maximum Gasteiger partial charge on any atom is 0.166 e. The number of carbonyl (C=O) groups excluding carboxylic acids is 1. The molecule has 0 unspecified atom stereocenters. The standard InChI is InChI=1S/C10H10ClFOS/c1-14-5-4-10(13)8-3-2-7(11)6-9(8)12/h2-3,6H,4-5H2,1H3. The molecule has 0 aliphatic rings. The Labute approximate surface area is 91.6 Å². The largest absolute Gasteiger partial charge is 0.294 e.